The third kappa shape index (κ3) is 1.66. The van der Waals surface area contributed by atoms with Crippen LogP contribution < -0.4 is 20.6 Å². The molecule has 0 fully saturated rings. The highest BCUT2D eigenvalue weighted by molar-refractivity contribution is 5.77. The molecule has 0 spiro atoms. The Morgan fingerprint density at radius 3 is 2.59 bits per heavy atom. The summed E-state index contributed by atoms with van der Waals surface area (Å²) in [5, 5.41) is 5.30. The number of para-hydroxylation sites is 2. The molecule has 3 nitrogen and oxygen atoms in total. The molecule has 2 aliphatic heterocycles. The smallest absolute Gasteiger partial charge is 0.153 e. The largest absolute Gasteiger partial charge is 0.454 e. The van der Waals surface area contributed by atoms with Crippen LogP contribution in [0.2, 0.25) is 0 Å². The van der Waals surface area contributed by atoms with E-state index in [9.17, 15) is 0 Å². The Labute approximate surface area is 127 Å². The van der Waals surface area contributed by atoms with Gasteiger partial charge in [-0.1, -0.05) is 36.4 Å². The zero-order valence-corrected chi connectivity index (χ0v) is 11.7. The highest BCUT2D eigenvalue weighted by atomic mass is 16.5. The minimum atomic E-state index is 0.801. The van der Waals surface area contributed by atoms with E-state index in [2.05, 4.69) is 29.6 Å². The minimum Gasteiger partial charge on any atom is -0.454 e. The van der Waals surface area contributed by atoms with E-state index in [1.807, 2.05) is 42.5 Å². The number of hydrogen-bond acceptors (Lipinski definition) is 3. The van der Waals surface area contributed by atoms with Gasteiger partial charge in [0, 0.05) is 16.5 Å². The van der Waals surface area contributed by atoms with Crippen molar-refractivity contribution in [2.45, 2.75) is 0 Å². The number of rotatable bonds is 0. The van der Waals surface area contributed by atoms with E-state index in [4.69, 9.17) is 9.72 Å². The van der Waals surface area contributed by atoms with Crippen LogP contribution in [0.3, 0.4) is 0 Å². The van der Waals surface area contributed by atoms with Gasteiger partial charge in [0.05, 0.1) is 0 Å². The standard InChI is InChI=1S/C19H12N2O/c1-3-7-15-12(5-1)9-14-11-18-16(21-19(14)20-15)10-13-6-2-4-8-17(13)22-18/h1-11H,(H,20,21). The second-order valence-corrected chi connectivity index (χ2v) is 5.45. The van der Waals surface area contributed by atoms with Gasteiger partial charge in [0.2, 0.25) is 0 Å². The molecule has 3 aromatic rings. The Bertz CT molecular complexity index is 952. The average Bonchev–Trinajstić information content (AvgIpc) is 2.56. The number of hydrogen-bond donors (Lipinski definition) is 1. The van der Waals surface area contributed by atoms with Crippen molar-refractivity contribution < 1.29 is 4.74 Å². The predicted molar refractivity (Wildman–Crippen MR) is 86.9 cm³/mol. The van der Waals surface area contributed by atoms with Gasteiger partial charge in [-0.15, -0.1) is 0 Å². The molecule has 2 aromatic carbocycles. The van der Waals surface area contributed by atoms with Crippen molar-refractivity contribution in [1.29, 1.82) is 0 Å². The number of anilines is 2. The van der Waals surface area contributed by atoms with Crippen LogP contribution >= 0.6 is 0 Å². The van der Waals surface area contributed by atoms with E-state index in [-0.39, 0.29) is 0 Å². The molecule has 2 aliphatic rings. The van der Waals surface area contributed by atoms with Gasteiger partial charge in [0.25, 0.3) is 0 Å². The molecule has 3 heteroatoms. The van der Waals surface area contributed by atoms with Crippen LogP contribution in [0.25, 0.3) is 12.2 Å². The molecule has 104 valence electrons. The third-order valence-corrected chi connectivity index (χ3v) is 4.00. The van der Waals surface area contributed by atoms with Gasteiger partial charge in [0.1, 0.15) is 16.9 Å². The molecule has 0 saturated carbocycles. The van der Waals surface area contributed by atoms with Crippen LogP contribution in [0.1, 0.15) is 11.1 Å². The SMILES string of the molecule is C1=c2cc3c(nc2Nc2ccccc21)=Cc1ccccc1O3. The van der Waals surface area contributed by atoms with Crippen LogP contribution in [-0.4, -0.2) is 4.98 Å². The van der Waals surface area contributed by atoms with Gasteiger partial charge in [-0.25, -0.2) is 4.98 Å². The first-order valence-corrected chi connectivity index (χ1v) is 7.24. The maximum atomic E-state index is 5.99. The molecule has 0 saturated heterocycles. The quantitative estimate of drug-likeness (QED) is 0.475. The monoisotopic (exact) mass is 284 g/mol. The van der Waals surface area contributed by atoms with Crippen LogP contribution in [0, 0.1) is 0 Å². The molecule has 22 heavy (non-hydrogen) atoms. The lowest BCUT2D eigenvalue weighted by molar-refractivity contribution is 0.469. The zero-order valence-electron chi connectivity index (χ0n) is 11.7. The van der Waals surface area contributed by atoms with Crippen molar-refractivity contribution in [1.82, 2.24) is 4.98 Å². The Kier molecular flexibility index (Phi) is 2.22. The molecule has 0 aliphatic carbocycles. The summed E-state index contributed by atoms with van der Waals surface area (Å²) in [5.74, 6) is 2.55. The highest BCUT2D eigenvalue weighted by Crippen LogP contribution is 2.28. The average molecular weight is 284 g/mol. The highest BCUT2D eigenvalue weighted by Gasteiger charge is 2.15. The molecule has 1 aromatic heterocycles. The molecule has 0 amide bonds. The first kappa shape index (κ1) is 11.6. The van der Waals surface area contributed by atoms with E-state index in [0.29, 0.717) is 0 Å². The number of nitrogens with one attached hydrogen (secondary N) is 1. The molecule has 1 N–H and O–H groups in total. The lowest BCUT2D eigenvalue weighted by atomic mass is 10.1. The summed E-state index contributed by atoms with van der Waals surface area (Å²) in [5.41, 5.74) is 3.30. The number of fused-ring (bicyclic) bond motifs is 4. The second-order valence-electron chi connectivity index (χ2n) is 5.45. The number of ether oxygens (including phenoxy) is 1. The van der Waals surface area contributed by atoms with E-state index in [1.54, 1.807) is 0 Å². The van der Waals surface area contributed by atoms with E-state index >= 15 is 0 Å². The number of nitrogens with zero attached hydrogens (tertiary/aromatic N) is 1. The first-order chi connectivity index (χ1) is 10.9. The Hall–Kier alpha value is -3.07. The minimum absolute atomic E-state index is 0.801. The molecule has 0 bridgehead atoms. The molecular formula is C19H12N2O. The van der Waals surface area contributed by atoms with Gasteiger partial charge < -0.3 is 10.1 Å². The summed E-state index contributed by atoms with van der Waals surface area (Å²) in [4.78, 5) is 4.73. The van der Waals surface area contributed by atoms with Crippen LogP contribution in [-0.2, 0) is 0 Å². The number of pyridine rings is 1. The van der Waals surface area contributed by atoms with Crippen molar-refractivity contribution >= 4 is 23.7 Å². The maximum absolute atomic E-state index is 5.99. The van der Waals surface area contributed by atoms with Crippen LogP contribution in [0.5, 0.6) is 11.5 Å². The van der Waals surface area contributed by atoms with Crippen molar-refractivity contribution in [3.05, 3.63) is 76.3 Å². The molecule has 0 radical (unpaired) electrons. The Morgan fingerprint density at radius 1 is 0.818 bits per heavy atom. The zero-order chi connectivity index (χ0) is 14.5. The summed E-state index contributed by atoms with van der Waals surface area (Å²) in [6.07, 6.45) is 4.20. The molecule has 0 unspecified atom stereocenters. The van der Waals surface area contributed by atoms with Gasteiger partial charge >= 0.3 is 0 Å². The molecule has 0 atom stereocenters. The van der Waals surface area contributed by atoms with Gasteiger partial charge in [-0.3, -0.25) is 0 Å². The normalized spacial score (nSPS) is 13.1. The fourth-order valence-electron chi connectivity index (χ4n) is 2.91. The van der Waals surface area contributed by atoms with Crippen molar-refractivity contribution in [3.63, 3.8) is 0 Å². The summed E-state index contributed by atoms with van der Waals surface area (Å²) < 4.78 is 5.99. The number of aromatic nitrogens is 1. The van der Waals surface area contributed by atoms with Crippen molar-refractivity contribution in [2.75, 3.05) is 5.32 Å². The Balaban J connectivity index is 1.76. The molecule has 3 heterocycles. The van der Waals surface area contributed by atoms with Crippen molar-refractivity contribution in [2.24, 2.45) is 0 Å². The predicted octanol–water partition coefficient (Wildman–Crippen LogP) is 2.90. The Morgan fingerprint density at radius 2 is 1.64 bits per heavy atom. The maximum Gasteiger partial charge on any atom is 0.153 e. The van der Waals surface area contributed by atoms with E-state index in [1.165, 1.54) is 0 Å². The lowest BCUT2D eigenvalue weighted by Crippen LogP contribution is -2.25. The lowest BCUT2D eigenvalue weighted by Gasteiger charge is -2.18. The van der Waals surface area contributed by atoms with Crippen LogP contribution in [0.15, 0.2) is 54.6 Å². The van der Waals surface area contributed by atoms with E-state index < -0.39 is 0 Å². The first-order valence-electron chi connectivity index (χ1n) is 7.24. The van der Waals surface area contributed by atoms with Crippen molar-refractivity contribution in [3.8, 4) is 11.5 Å². The summed E-state index contributed by atoms with van der Waals surface area (Å²) in [6.45, 7) is 0. The third-order valence-electron chi connectivity index (χ3n) is 4.00. The second kappa shape index (κ2) is 4.21. The molecular weight excluding hydrogens is 272 g/mol. The number of benzene rings is 2. The summed E-state index contributed by atoms with van der Waals surface area (Å²) >= 11 is 0. The fourth-order valence-corrected chi connectivity index (χ4v) is 2.91. The fraction of sp³-hybridized carbons (Fsp3) is 0. The topological polar surface area (TPSA) is 34.2 Å². The van der Waals surface area contributed by atoms with Gasteiger partial charge in [-0.2, -0.15) is 0 Å². The summed E-state index contributed by atoms with van der Waals surface area (Å²) in [7, 11) is 0. The van der Waals surface area contributed by atoms with Gasteiger partial charge in [-0.05, 0) is 35.9 Å². The summed E-state index contributed by atoms with van der Waals surface area (Å²) in [6, 6.07) is 18.3. The van der Waals surface area contributed by atoms with Gasteiger partial charge in [0.15, 0.2) is 5.75 Å². The van der Waals surface area contributed by atoms with Crippen LogP contribution in [0.4, 0.5) is 11.5 Å². The molecule has 5 rings (SSSR count). The van der Waals surface area contributed by atoms with E-state index in [0.717, 1.165) is 44.7 Å².